The number of epoxide rings is 1. The third-order valence-electron chi connectivity index (χ3n) is 4.91. The molecule has 2 heterocycles. The summed E-state index contributed by atoms with van der Waals surface area (Å²) in [7, 11) is 0. The summed E-state index contributed by atoms with van der Waals surface area (Å²) in [4.78, 5) is 13.5. The lowest BCUT2D eigenvalue weighted by Gasteiger charge is -2.23. The highest BCUT2D eigenvalue weighted by Crippen LogP contribution is 2.36. The van der Waals surface area contributed by atoms with Gasteiger partial charge in [-0.15, -0.1) is 15.0 Å². The van der Waals surface area contributed by atoms with Crippen molar-refractivity contribution in [3.05, 3.63) is 47.5 Å². The predicted molar refractivity (Wildman–Crippen MR) is 108 cm³/mol. The van der Waals surface area contributed by atoms with Gasteiger partial charge in [0.25, 0.3) is 0 Å². The maximum atomic E-state index is 12.0. The quantitative estimate of drug-likeness (QED) is 0.509. The minimum Gasteiger partial charge on any atom is -0.505 e. The highest BCUT2D eigenvalue weighted by Gasteiger charge is 2.25. The second-order valence-corrected chi connectivity index (χ2v) is 8.38. The molecule has 7 nitrogen and oxygen atoms in total. The molecule has 1 atom stereocenters. The van der Waals surface area contributed by atoms with E-state index in [1.54, 1.807) is 0 Å². The van der Waals surface area contributed by atoms with Crippen LogP contribution in [0.15, 0.2) is 36.4 Å². The van der Waals surface area contributed by atoms with Crippen LogP contribution in [0.3, 0.4) is 0 Å². The summed E-state index contributed by atoms with van der Waals surface area (Å²) in [5.41, 5.74) is 3.42. The lowest BCUT2D eigenvalue weighted by Crippen LogP contribution is -2.15. The Morgan fingerprint density at radius 1 is 1.24 bits per heavy atom. The van der Waals surface area contributed by atoms with E-state index in [0.29, 0.717) is 25.3 Å². The Bertz CT molecular complexity index is 1010. The Labute approximate surface area is 169 Å². The highest BCUT2D eigenvalue weighted by molar-refractivity contribution is 5.74. The van der Waals surface area contributed by atoms with E-state index in [4.69, 9.17) is 9.47 Å². The molecule has 4 rings (SSSR count). The Kier molecular flexibility index (Phi) is 5.00. The van der Waals surface area contributed by atoms with Crippen molar-refractivity contribution >= 4 is 17.0 Å². The number of aromatic nitrogens is 3. The molecule has 3 aromatic rings. The van der Waals surface area contributed by atoms with Crippen molar-refractivity contribution in [1.29, 1.82) is 0 Å². The van der Waals surface area contributed by atoms with Gasteiger partial charge in [0.05, 0.1) is 6.61 Å². The van der Waals surface area contributed by atoms with Crippen LogP contribution in [0.2, 0.25) is 0 Å². The first-order valence-electron chi connectivity index (χ1n) is 9.77. The van der Waals surface area contributed by atoms with Crippen LogP contribution in [0.25, 0.3) is 16.7 Å². The molecule has 0 aliphatic carbocycles. The summed E-state index contributed by atoms with van der Waals surface area (Å²) >= 11 is 0. The van der Waals surface area contributed by atoms with Crippen molar-refractivity contribution in [2.24, 2.45) is 0 Å². The van der Waals surface area contributed by atoms with Gasteiger partial charge >= 0.3 is 5.97 Å². The maximum absolute atomic E-state index is 12.0. The average Bonchev–Trinajstić information content (AvgIpc) is 3.41. The fourth-order valence-corrected chi connectivity index (χ4v) is 3.18. The Morgan fingerprint density at radius 2 is 1.90 bits per heavy atom. The number of nitrogens with zero attached hydrogens (tertiary/aromatic N) is 3. The van der Waals surface area contributed by atoms with Gasteiger partial charge in [0.2, 0.25) is 0 Å². The smallest absolute Gasteiger partial charge is 0.306 e. The Morgan fingerprint density at radius 3 is 2.48 bits per heavy atom. The van der Waals surface area contributed by atoms with E-state index >= 15 is 0 Å². The van der Waals surface area contributed by atoms with Crippen molar-refractivity contribution in [2.75, 3.05) is 13.2 Å². The Balaban J connectivity index is 1.64. The highest BCUT2D eigenvalue weighted by atomic mass is 16.6. The molecule has 1 aromatic heterocycles. The van der Waals surface area contributed by atoms with E-state index in [0.717, 1.165) is 22.2 Å². The SMILES string of the molecule is CC(C)(C)c1cc(CCC(=O)OCC2CO2)cc(-n2nc3ccccc3n2)c1O. The van der Waals surface area contributed by atoms with Gasteiger partial charge in [-0.05, 0) is 35.6 Å². The minimum atomic E-state index is -0.286. The van der Waals surface area contributed by atoms with Crippen molar-refractivity contribution in [1.82, 2.24) is 15.0 Å². The lowest BCUT2D eigenvalue weighted by atomic mass is 9.84. The molecule has 1 fully saturated rings. The summed E-state index contributed by atoms with van der Waals surface area (Å²) in [5.74, 6) is -0.106. The molecule has 1 saturated heterocycles. The van der Waals surface area contributed by atoms with E-state index < -0.39 is 0 Å². The van der Waals surface area contributed by atoms with Gasteiger partial charge in [-0.25, -0.2) is 0 Å². The summed E-state index contributed by atoms with van der Waals surface area (Å²) in [6.45, 7) is 7.08. The number of fused-ring (bicyclic) bond motifs is 1. The number of hydrogen-bond donors (Lipinski definition) is 1. The number of rotatable bonds is 6. The van der Waals surface area contributed by atoms with E-state index in [-0.39, 0.29) is 29.7 Å². The number of ether oxygens (including phenoxy) is 2. The summed E-state index contributed by atoms with van der Waals surface area (Å²) < 4.78 is 10.3. The fraction of sp³-hybridized carbons (Fsp3) is 0.409. The normalized spacial score (nSPS) is 16.2. The third-order valence-corrected chi connectivity index (χ3v) is 4.91. The van der Waals surface area contributed by atoms with Crippen LogP contribution < -0.4 is 0 Å². The van der Waals surface area contributed by atoms with Crippen LogP contribution in [0.4, 0.5) is 0 Å². The molecule has 0 bridgehead atoms. The summed E-state index contributed by atoms with van der Waals surface area (Å²) in [5, 5.41) is 19.9. The monoisotopic (exact) mass is 395 g/mol. The number of phenols is 1. The van der Waals surface area contributed by atoms with Crippen molar-refractivity contribution < 1.29 is 19.4 Å². The van der Waals surface area contributed by atoms with Gasteiger partial charge in [0, 0.05) is 12.0 Å². The van der Waals surface area contributed by atoms with Crippen molar-refractivity contribution in [3.8, 4) is 11.4 Å². The van der Waals surface area contributed by atoms with Gasteiger partial charge < -0.3 is 14.6 Å². The fourth-order valence-electron chi connectivity index (χ4n) is 3.18. The molecule has 0 amide bonds. The number of carbonyl (C=O) groups is 1. The molecule has 1 aliphatic heterocycles. The molecule has 0 saturated carbocycles. The van der Waals surface area contributed by atoms with Gasteiger partial charge in [0.15, 0.2) is 0 Å². The largest absolute Gasteiger partial charge is 0.505 e. The zero-order valence-corrected chi connectivity index (χ0v) is 16.9. The molecule has 29 heavy (non-hydrogen) atoms. The Hall–Kier alpha value is -2.93. The standard InChI is InChI=1S/C22H25N3O4/c1-22(2,3)16-10-14(8-9-20(26)29-13-15-12-28-15)11-19(21(16)27)25-23-17-6-4-5-7-18(17)24-25/h4-7,10-11,15,27H,8-9,12-13H2,1-3H3. The van der Waals surface area contributed by atoms with E-state index in [1.807, 2.05) is 57.2 Å². The molecular weight excluding hydrogens is 370 g/mol. The zero-order valence-electron chi connectivity index (χ0n) is 16.9. The molecule has 0 spiro atoms. The zero-order chi connectivity index (χ0) is 20.6. The number of aryl methyl sites for hydroxylation is 1. The molecule has 1 unspecified atom stereocenters. The average molecular weight is 395 g/mol. The number of esters is 1. The molecule has 1 aliphatic rings. The van der Waals surface area contributed by atoms with Gasteiger partial charge in [-0.1, -0.05) is 39.0 Å². The van der Waals surface area contributed by atoms with E-state index in [2.05, 4.69) is 10.2 Å². The first kappa shape index (κ1) is 19.4. The molecule has 152 valence electrons. The number of hydrogen-bond acceptors (Lipinski definition) is 6. The van der Waals surface area contributed by atoms with E-state index in [9.17, 15) is 9.90 Å². The van der Waals surface area contributed by atoms with Crippen LogP contribution in [-0.4, -0.2) is 45.4 Å². The number of benzene rings is 2. The second kappa shape index (κ2) is 7.48. The lowest BCUT2D eigenvalue weighted by molar-refractivity contribution is -0.144. The van der Waals surface area contributed by atoms with Gasteiger partial charge in [-0.2, -0.15) is 0 Å². The van der Waals surface area contributed by atoms with Gasteiger partial charge in [-0.3, -0.25) is 4.79 Å². The molecular formula is C22H25N3O4. The van der Waals surface area contributed by atoms with Crippen LogP contribution in [0.1, 0.15) is 38.3 Å². The van der Waals surface area contributed by atoms with Gasteiger partial charge in [0.1, 0.15) is 35.2 Å². The second-order valence-electron chi connectivity index (χ2n) is 8.38. The topological polar surface area (TPSA) is 89.8 Å². The molecule has 7 heteroatoms. The van der Waals surface area contributed by atoms with Crippen LogP contribution in [0.5, 0.6) is 5.75 Å². The molecule has 1 N–H and O–H groups in total. The molecule has 0 radical (unpaired) electrons. The summed E-state index contributed by atoms with van der Waals surface area (Å²) in [6.07, 6.45) is 0.822. The third kappa shape index (κ3) is 4.40. The van der Waals surface area contributed by atoms with Crippen molar-refractivity contribution in [3.63, 3.8) is 0 Å². The van der Waals surface area contributed by atoms with Crippen molar-refractivity contribution in [2.45, 2.75) is 45.1 Å². The van der Waals surface area contributed by atoms with Crippen LogP contribution in [-0.2, 0) is 26.1 Å². The first-order chi connectivity index (χ1) is 13.8. The number of phenolic OH excluding ortho intramolecular Hbond substituents is 1. The number of carbonyl (C=O) groups excluding carboxylic acids is 1. The number of aromatic hydroxyl groups is 1. The minimum absolute atomic E-state index is 0.0618. The van der Waals surface area contributed by atoms with Crippen LogP contribution in [0, 0.1) is 0 Å². The van der Waals surface area contributed by atoms with E-state index in [1.165, 1.54) is 4.80 Å². The molecule has 2 aromatic carbocycles. The first-order valence-corrected chi connectivity index (χ1v) is 9.77. The van der Waals surface area contributed by atoms with Crippen LogP contribution >= 0.6 is 0 Å². The maximum Gasteiger partial charge on any atom is 0.306 e. The summed E-state index contributed by atoms with van der Waals surface area (Å²) in [6, 6.07) is 11.3. The predicted octanol–water partition coefficient (Wildman–Crippen LogP) is 3.30.